The van der Waals surface area contributed by atoms with Crippen LogP contribution in [0.1, 0.15) is 13.3 Å². The van der Waals surface area contributed by atoms with E-state index in [0.29, 0.717) is 10.3 Å². The second-order valence-corrected chi connectivity index (χ2v) is 3.85. The highest BCUT2D eigenvalue weighted by Gasteiger charge is 2.10. The van der Waals surface area contributed by atoms with Crippen molar-refractivity contribution >= 4 is 27.0 Å². The van der Waals surface area contributed by atoms with Gasteiger partial charge in [0.2, 0.25) is 0 Å². The van der Waals surface area contributed by atoms with Crippen LogP contribution in [0, 0.1) is 5.82 Å². The van der Waals surface area contributed by atoms with Gasteiger partial charge in [0.25, 0.3) is 0 Å². The molecule has 0 atom stereocenters. The van der Waals surface area contributed by atoms with Crippen molar-refractivity contribution in [1.29, 1.82) is 0 Å². The van der Waals surface area contributed by atoms with Crippen molar-refractivity contribution in [3.63, 3.8) is 0 Å². The minimum absolute atomic E-state index is 0.266. The number of hydrogen-bond acceptors (Lipinski definition) is 1. The molecule has 2 aromatic rings. The van der Waals surface area contributed by atoms with Crippen LogP contribution in [-0.2, 0) is 6.54 Å². The monoisotopic (exact) mass is 256 g/mol. The quantitative estimate of drug-likeness (QED) is 0.806. The topological polar surface area (TPSA) is 17.8 Å². The summed E-state index contributed by atoms with van der Waals surface area (Å²) in [5, 5.41) is 0. The van der Waals surface area contributed by atoms with Gasteiger partial charge in [-0.15, -0.1) is 0 Å². The maximum Gasteiger partial charge on any atom is 0.178 e. The van der Waals surface area contributed by atoms with Gasteiger partial charge in [-0.25, -0.2) is 9.37 Å². The minimum atomic E-state index is -0.266. The van der Waals surface area contributed by atoms with Crippen LogP contribution in [0.3, 0.4) is 0 Å². The first-order chi connectivity index (χ1) is 6.74. The maximum absolute atomic E-state index is 13.3. The van der Waals surface area contributed by atoms with Crippen molar-refractivity contribution in [2.24, 2.45) is 0 Å². The van der Waals surface area contributed by atoms with Gasteiger partial charge < -0.3 is 4.57 Å². The molecular formula is C10H10BrFN2. The second-order valence-electron chi connectivity index (χ2n) is 3.14. The van der Waals surface area contributed by atoms with Crippen LogP contribution in [0.4, 0.5) is 4.39 Å². The van der Waals surface area contributed by atoms with Crippen molar-refractivity contribution in [2.45, 2.75) is 19.9 Å². The Hall–Kier alpha value is -0.900. The van der Waals surface area contributed by atoms with E-state index in [1.54, 1.807) is 6.07 Å². The van der Waals surface area contributed by atoms with E-state index in [0.717, 1.165) is 18.5 Å². The maximum atomic E-state index is 13.3. The molecule has 0 saturated carbocycles. The molecule has 2 rings (SSSR count). The molecule has 0 bridgehead atoms. The van der Waals surface area contributed by atoms with E-state index in [9.17, 15) is 4.39 Å². The average molecular weight is 257 g/mol. The van der Waals surface area contributed by atoms with E-state index >= 15 is 0 Å². The van der Waals surface area contributed by atoms with Gasteiger partial charge in [0.05, 0.1) is 5.52 Å². The van der Waals surface area contributed by atoms with Gasteiger partial charge in [-0.05, 0) is 34.5 Å². The molecule has 4 heteroatoms. The van der Waals surface area contributed by atoms with Crippen LogP contribution in [-0.4, -0.2) is 9.55 Å². The number of aromatic nitrogens is 2. The lowest BCUT2D eigenvalue weighted by Crippen LogP contribution is -1.96. The number of halogens is 2. The molecule has 74 valence electrons. The molecular weight excluding hydrogens is 247 g/mol. The summed E-state index contributed by atoms with van der Waals surface area (Å²) in [6.07, 6.45) is 1.00. The number of aryl methyl sites for hydroxylation is 1. The largest absolute Gasteiger partial charge is 0.318 e. The number of imidazole rings is 1. The Balaban J connectivity index is 2.70. The Labute approximate surface area is 89.9 Å². The van der Waals surface area contributed by atoms with Crippen LogP contribution in [0.15, 0.2) is 22.9 Å². The Kier molecular flexibility index (Phi) is 2.54. The van der Waals surface area contributed by atoms with Gasteiger partial charge >= 0.3 is 0 Å². The molecule has 0 spiro atoms. The first-order valence-corrected chi connectivity index (χ1v) is 5.33. The zero-order valence-corrected chi connectivity index (χ0v) is 9.38. The van der Waals surface area contributed by atoms with Crippen molar-refractivity contribution in [1.82, 2.24) is 9.55 Å². The Morgan fingerprint density at radius 2 is 2.29 bits per heavy atom. The Bertz CT molecular complexity index is 464. The summed E-state index contributed by atoms with van der Waals surface area (Å²) in [6.45, 7) is 2.93. The molecule has 0 aliphatic carbocycles. The lowest BCUT2D eigenvalue weighted by Gasteiger charge is -2.02. The van der Waals surface area contributed by atoms with E-state index in [1.165, 1.54) is 6.07 Å². The summed E-state index contributed by atoms with van der Waals surface area (Å²) in [5.41, 5.74) is 1.28. The van der Waals surface area contributed by atoms with Gasteiger partial charge in [0.15, 0.2) is 10.6 Å². The molecule has 0 saturated heterocycles. The number of para-hydroxylation sites is 1. The smallest absolute Gasteiger partial charge is 0.178 e. The van der Waals surface area contributed by atoms with Crippen molar-refractivity contribution in [2.75, 3.05) is 0 Å². The van der Waals surface area contributed by atoms with E-state index in [4.69, 9.17) is 0 Å². The summed E-state index contributed by atoms with van der Waals surface area (Å²) in [4.78, 5) is 4.14. The normalized spacial score (nSPS) is 11.1. The van der Waals surface area contributed by atoms with Crippen molar-refractivity contribution < 1.29 is 4.39 Å². The first-order valence-electron chi connectivity index (χ1n) is 4.54. The molecule has 0 unspecified atom stereocenters. The number of nitrogens with zero attached hydrogens (tertiary/aromatic N) is 2. The van der Waals surface area contributed by atoms with Crippen LogP contribution in [0.5, 0.6) is 0 Å². The number of rotatable bonds is 2. The van der Waals surface area contributed by atoms with Gasteiger partial charge in [-0.2, -0.15) is 0 Å². The second kappa shape index (κ2) is 3.69. The van der Waals surface area contributed by atoms with Crippen LogP contribution in [0.2, 0.25) is 0 Å². The fourth-order valence-corrected chi connectivity index (χ4v) is 2.07. The standard InChI is InChI=1S/C10H10BrFN2/c1-2-6-14-8-5-3-4-7(12)9(8)13-10(14)11/h3-5H,2,6H2,1H3. The summed E-state index contributed by atoms with van der Waals surface area (Å²) >= 11 is 3.33. The van der Waals surface area contributed by atoms with Crippen molar-refractivity contribution in [3.05, 3.63) is 28.7 Å². The molecule has 0 amide bonds. The molecule has 1 aromatic heterocycles. The highest BCUT2D eigenvalue weighted by Crippen LogP contribution is 2.22. The molecule has 0 radical (unpaired) electrons. The highest BCUT2D eigenvalue weighted by molar-refractivity contribution is 9.10. The van der Waals surface area contributed by atoms with E-state index < -0.39 is 0 Å². The molecule has 0 aliphatic rings. The summed E-state index contributed by atoms with van der Waals surface area (Å²) in [7, 11) is 0. The predicted octanol–water partition coefficient (Wildman–Crippen LogP) is 3.35. The highest BCUT2D eigenvalue weighted by atomic mass is 79.9. The molecule has 1 heterocycles. The zero-order chi connectivity index (χ0) is 10.1. The van der Waals surface area contributed by atoms with Crippen LogP contribution in [0.25, 0.3) is 11.0 Å². The van der Waals surface area contributed by atoms with Gasteiger partial charge in [0.1, 0.15) is 5.52 Å². The average Bonchev–Trinajstić information content (AvgIpc) is 2.47. The van der Waals surface area contributed by atoms with Gasteiger partial charge in [-0.1, -0.05) is 13.0 Å². The summed E-state index contributed by atoms with van der Waals surface area (Å²) in [6, 6.07) is 5.02. The summed E-state index contributed by atoms with van der Waals surface area (Å²) < 4.78 is 16.0. The number of fused-ring (bicyclic) bond motifs is 1. The summed E-state index contributed by atoms with van der Waals surface area (Å²) in [5.74, 6) is -0.266. The third-order valence-electron chi connectivity index (χ3n) is 2.13. The fraction of sp³-hybridized carbons (Fsp3) is 0.300. The van der Waals surface area contributed by atoms with E-state index in [2.05, 4.69) is 27.8 Å². The first kappa shape index (κ1) is 9.65. The van der Waals surface area contributed by atoms with Gasteiger partial charge in [0, 0.05) is 6.54 Å². The molecule has 0 N–H and O–H groups in total. The third kappa shape index (κ3) is 1.43. The molecule has 14 heavy (non-hydrogen) atoms. The van der Waals surface area contributed by atoms with Crippen LogP contribution >= 0.6 is 15.9 Å². The van der Waals surface area contributed by atoms with Crippen LogP contribution < -0.4 is 0 Å². The predicted molar refractivity (Wildman–Crippen MR) is 57.7 cm³/mol. The fourth-order valence-electron chi connectivity index (χ4n) is 1.52. The molecule has 1 aromatic carbocycles. The Morgan fingerprint density at radius 3 is 3.00 bits per heavy atom. The third-order valence-corrected chi connectivity index (χ3v) is 2.74. The van der Waals surface area contributed by atoms with E-state index in [1.807, 2.05) is 10.6 Å². The molecule has 2 nitrogen and oxygen atoms in total. The lowest BCUT2D eigenvalue weighted by atomic mass is 10.3. The van der Waals surface area contributed by atoms with Crippen molar-refractivity contribution in [3.8, 4) is 0 Å². The SMILES string of the molecule is CCCn1c(Br)nc2c(F)cccc21. The minimum Gasteiger partial charge on any atom is -0.318 e. The van der Waals surface area contributed by atoms with E-state index in [-0.39, 0.29) is 5.82 Å². The number of benzene rings is 1. The van der Waals surface area contributed by atoms with Gasteiger partial charge in [-0.3, -0.25) is 0 Å². The number of hydrogen-bond donors (Lipinski definition) is 0. The molecule has 0 aliphatic heterocycles. The molecule has 0 fully saturated rings. The lowest BCUT2D eigenvalue weighted by molar-refractivity contribution is 0.637. The zero-order valence-electron chi connectivity index (χ0n) is 7.80. The Morgan fingerprint density at radius 1 is 1.50 bits per heavy atom.